The van der Waals surface area contributed by atoms with E-state index in [1.54, 1.807) is 0 Å². The molecule has 0 fully saturated rings. The van der Waals surface area contributed by atoms with Gasteiger partial charge in [-0.05, 0) is 23.5 Å². The van der Waals surface area contributed by atoms with E-state index in [9.17, 15) is 0 Å². The maximum absolute atomic E-state index is 5.96. The van der Waals surface area contributed by atoms with E-state index in [1.807, 2.05) is 0 Å². The molecule has 72 valence electrons. The van der Waals surface area contributed by atoms with Crippen LogP contribution in [0.15, 0.2) is 24.3 Å². The van der Waals surface area contributed by atoms with E-state index < -0.39 is 0 Å². The van der Waals surface area contributed by atoms with E-state index in [-0.39, 0.29) is 6.04 Å². The summed E-state index contributed by atoms with van der Waals surface area (Å²) in [6.07, 6.45) is 1.00. The van der Waals surface area contributed by atoms with Gasteiger partial charge >= 0.3 is 0 Å². The Balaban J connectivity index is 2.91. The molecule has 1 unspecified atom stereocenters. The molecule has 1 aromatic carbocycles. The number of nitrogens with two attached hydrogens (primary N) is 1. The van der Waals surface area contributed by atoms with Crippen LogP contribution in [0.25, 0.3) is 0 Å². The Bertz CT molecular complexity index is 266. The molecule has 0 aliphatic heterocycles. The summed E-state index contributed by atoms with van der Waals surface area (Å²) >= 11 is 0. The van der Waals surface area contributed by atoms with Crippen molar-refractivity contribution in [3.05, 3.63) is 35.4 Å². The minimum absolute atomic E-state index is 0.193. The van der Waals surface area contributed by atoms with E-state index in [4.69, 9.17) is 5.73 Å². The standard InChI is InChI=1S/C12H19N/c1-4-12(13)11-7-5-6-10(8-11)9(2)3/h5-9,12H,4,13H2,1-3H3. The lowest BCUT2D eigenvalue weighted by Gasteiger charge is -2.12. The smallest absolute Gasteiger partial charge is 0.0292 e. The van der Waals surface area contributed by atoms with Gasteiger partial charge in [0.25, 0.3) is 0 Å². The highest BCUT2D eigenvalue weighted by Crippen LogP contribution is 2.20. The summed E-state index contributed by atoms with van der Waals surface area (Å²) in [6.45, 7) is 6.53. The summed E-state index contributed by atoms with van der Waals surface area (Å²) in [6, 6.07) is 8.79. The van der Waals surface area contributed by atoms with Crippen molar-refractivity contribution in [3.8, 4) is 0 Å². The van der Waals surface area contributed by atoms with Gasteiger partial charge in [0.1, 0.15) is 0 Å². The highest BCUT2D eigenvalue weighted by molar-refractivity contribution is 5.27. The van der Waals surface area contributed by atoms with Gasteiger partial charge in [0.2, 0.25) is 0 Å². The average Bonchev–Trinajstić information content (AvgIpc) is 2.17. The van der Waals surface area contributed by atoms with Crippen LogP contribution in [0, 0.1) is 0 Å². The first kappa shape index (κ1) is 10.3. The minimum atomic E-state index is 0.193. The monoisotopic (exact) mass is 177 g/mol. The van der Waals surface area contributed by atoms with Gasteiger partial charge in [-0.25, -0.2) is 0 Å². The summed E-state index contributed by atoms with van der Waals surface area (Å²) in [4.78, 5) is 0. The van der Waals surface area contributed by atoms with Gasteiger partial charge < -0.3 is 5.73 Å². The fourth-order valence-corrected chi connectivity index (χ4v) is 1.38. The van der Waals surface area contributed by atoms with Crippen molar-refractivity contribution in [2.75, 3.05) is 0 Å². The van der Waals surface area contributed by atoms with E-state index in [1.165, 1.54) is 11.1 Å². The molecule has 0 aromatic heterocycles. The zero-order valence-electron chi connectivity index (χ0n) is 8.75. The molecule has 1 atom stereocenters. The Morgan fingerprint density at radius 3 is 2.38 bits per heavy atom. The SMILES string of the molecule is CCC(N)c1cccc(C(C)C)c1. The van der Waals surface area contributed by atoms with Gasteiger partial charge in [-0.2, -0.15) is 0 Å². The molecule has 0 saturated carbocycles. The van der Waals surface area contributed by atoms with E-state index in [0.717, 1.165) is 6.42 Å². The quantitative estimate of drug-likeness (QED) is 0.753. The molecule has 2 N–H and O–H groups in total. The third kappa shape index (κ3) is 2.56. The molecule has 1 nitrogen and oxygen atoms in total. The van der Waals surface area contributed by atoms with E-state index in [2.05, 4.69) is 45.0 Å². The first-order chi connectivity index (χ1) is 6.15. The van der Waals surface area contributed by atoms with Crippen molar-refractivity contribution in [3.63, 3.8) is 0 Å². The third-order valence-corrected chi connectivity index (χ3v) is 2.45. The lowest BCUT2D eigenvalue weighted by atomic mass is 9.97. The van der Waals surface area contributed by atoms with Gasteiger partial charge in [-0.15, -0.1) is 0 Å². The second-order valence-electron chi connectivity index (χ2n) is 3.84. The first-order valence-electron chi connectivity index (χ1n) is 5.00. The van der Waals surface area contributed by atoms with Crippen molar-refractivity contribution in [2.24, 2.45) is 5.73 Å². The van der Waals surface area contributed by atoms with Crippen LogP contribution >= 0.6 is 0 Å². The first-order valence-corrected chi connectivity index (χ1v) is 5.00. The summed E-state index contributed by atoms with van der Waals surface area (Å²) in [5, 5.41) is 0. The van der Waals surface area contributed by atoms with Gasteiger partial charge in [-0.1, -0.05) is 45.0 Å². The van der Waals surface area contributed by atoms with Crippen LogP contribution in [-0.2, 0) is 0 Å². The molecule has 0 aliphatic carbocycles. The molecule has 0 aliphatic rings. The fraction of sp³-hybridized carbons (Fsp3) is 0.500. The Hall–Kier alpha value is -0.820. The molecule has 1 rings (SSSR count). The highest BCUT2D eigenvalue weighted by atomic mass is 14.6. The second kappa shape index (κ2) is 4.43. The Morgan fingerprint density at radius 1 is 1.23 bits per heavy atom. The summed E-state index contributed by atoms with van der Waals surface area (Å²) in [7, 11) is 0. The topological polar surface area (TPSA) is 26.0 Å². The Labute approximate surface area is 81.0 Å². The molecule has 1 aromatic rings. The van der Waals surface area contributed by atoms with Crippen LogP contribution in [0.3, 0.4) is 0 Å². The van der Waals surface area contributed by atoms with Crippen molar-refractivity contribution in [1.29, 1.82) is 0 Å². The fourth-order valence-electron chi connectivity index (χ4n) is 1.38. The van der Waals surface area contributed by atoms with Crippen LogP contribution in [0.4, 0.5) is 0 Å². The normalized spacial score (nSPS) is 13.3. The maximum Gasteiger partial charge on any atom is 0.0292 e. The van der Waals surface area contributed by atoms with Crippen LogP contribution in [0.2, 0.25) is 0 Å². The predicted octanol–water partition coefficient (Wildman–Crippen LogP) is 3.22. The van der Waals surface area contributed by atoms with Gasteiger partial charge in [0, 0.05) is 6.04 Å². The largest absolute Gasteiger partial charge is 0.324 e. The predicted molar refractivity (Wildman–Crippen MR) is 57.8 cm³/mol. The lowest BCUT2D eigenvalue weighted by Crippen LogP contribution is -2.08. The maximum atomic E-state index is 5.96. The van der Waals surface area contributed by atoms with Crippen LogP contribution < -0.4 is 5.73 Å². The highest BCUT2D eigenvalue weighted by Gasteiger charge is 2.05. The van der Waals surface area contributed by atoms with Gasteiger partial charge in [0.15, 0.2) is 0 Å². The van der Waals surface area contributed by atoms with Crippen LogP contribution in [0.5, 0.6) is 0 Å². The molecule has 0 radical (unpaired) electrons. The van der Waals surface area contributed by atoms with Crippen LogP contribution in [0.1, 0.15) is 50.3 Å². The van der Waals surface area contributed by atoms with E-state index >= 15 is 0 Å². The number of hydrogen-bond donors (Lipinski definition) is 1. The van der Waals surface area contributed by atoms with Crippen molar-refractivity contribution in [2.45, 2.75) is 39.2 Å². The number of rotatable bonds is 3. The van der Waals surface area contributed by atoms with Gasteiger partial charge in [0.05, 0.1) is 0 Å². The summed E-state index contributed by atoms with van der Waals surface area (Å²) in [5.41, 5.74) is 8.60. The minimum Gasteiger partial charge on any atom is -0.324 e. The molecular formula is C12H19N. The third-order valence-electron chi connectivity index (χ3n) is 2.45. The van der Waals surface area contributed by atoms with Crippen molar-refractivity contribution < 1.29 is 0 Å². The molecule has 0 heterocycles. The molecular weight excluding hydrogens is 158 g/mol. The summed E-state index contributed by atoms with van der Waals surface area (Å²) < 4.78 is 0. The second-order valence-corrected chi connectivity index (χ2v) is 3.84. The number of hydrogen-bond acceptors (Lipinski definition) is 1. The summed E-state index contributed by atoms with van der Waals surface area (Å²) in [5.74, 6) is 0.587. The molecule has 0 amide bonds. The number of benzene rings is 1. The molecule has 0 spiro atoms. The molecule has 13 heavy (non-hydrogen) atoms. The van der Waals surface area contributed by atoms with Crippen molar-refractivity contribution >= 4 is 0 Å². The molecule has 1 heteroatoms. The molecule has 0 saturated heterocycles. The van der Waals surface area contributed by atoms with Crippen LogP contribution in [-0.4, -0.2) is 0 Å². The zero-order chi connectivity index (χ0) is 9.84. The average molecular weight is 177 g/mol. The van der Waals surface area contributed by atoms with Crippen molar-refractivity contribution in [1.82, 2.24) is 0 Å². The van der Waals surface area contributed by atoms with E-state index in [0.29, 0.717) is 5.92 Å². The lowest BCUT2D eigenvalue weighted by molar-refractivity contribution is 0.695. The Morgan fingerprint density at radius 2 is 1.85 bits per heavy atom. The zero-order valence-corrected chi connectivity index (χ0v) is 8.75. The Kier molecular flexibility index (Phi) is 3.49. The molecule has 0 bridgehead atoms. The van der Waals surface area contributed by atoms with Gasteiger partial charge in [-0.3, -0.25) is 0 Å².